The fourth-order valence-corrected chi connectivity index (χ4v) is 1.71. The first-order valence-corrected chi connectivity index (χ1v) is 5.98. The molecule has 0 aromatic carbocycles. The number of rotatable bonds is 4. The molecular formula is C13H12ClN3O2. The highest BCUT2D eigenvalue weighted by Crippen LogP contribution is 2.20. The van der Waals surface area contributed by atoms with Crippen molar-refractivity contribution < 1.29 is 9.90 Å². The molecule has 0 saturated heterocycles. The summed E-state index contributed by atoms with van der Waals surface area (Å²) in [6.07, 6.45) is 3.03. The van der Waals surface area contributed by atoms with Gasteiger partial charge in [0.05, 0.1) is 10.6 Å². The van der Waals surface area contributed by atoms with Crippen molar-refractivity contribution in [1.29, 1.82) is 0 Å². The number of nitrogens with zero attached hydrogens (tertiary/aromatic N) is 2. The lowest BCUT2D eigenvalue weighted by Crippen LogP contribution is -2.04. The van der Waals surface area contributed by atoms with E-state index in [0.29, 0.717) is 12.4 Å². The molecule has 6 heteroatoms. The summed E-state index contributed by atoms with van der Waals surface area (Å²) in [6.45, 7) is 2.44. The standard InChI is InChI=1S/C13H12ClN3O2/c1-8-2-3-9(5-15-8)6-16-12-11(14)4-10(7-17-12)13(18)19/h2-5,7H,6H2,1H3,(H,16,17)(H,18,19). The molecule has 2 N–H and O–H groups in total. The number of pyridine rings is 2. The molecule has 0 radical (unpaired) electrons. The minimum Gasteiger partial charge on any atom is -0.478 e. The van der Waals surface area contributed by atoms with Gasteiger partial charge in [0.15, 0.2) is 0 Å². The monoisotopic (exact) mass is 277 g/mol. The molecule has 2 aromatic rings. The maximum Gasteiger partial charge on any atom is 0.337 e. The summed E-state index contributed by atoms with van der Waals surface area (Å²) in [5, 5.41) is 12.1. The van der Waals surface area contributed by atoms with Crippen LogP contribution in [0, 0.1) is 6.92 Å². The molecule has 5 nitrogen and oxygen atoms in total. The number of carboxylic acid groups (broad SMARTS) is 1. The van der Waals surface area contributed by atoms with Gasteiger partial charge in [0.1, 0.15) is 5.82 Å². The number of aromatic carboxylic acids is 1. The maximum atomic E-state index is 10.7. The van der Waals surface area contributed by atoms with E-state index in [1.54, 1.807) is 6.20 Å². The van der Waals surface area contributed by atoms with E-state index < -0.39 is 5.97 Å². The third-order valence-corrected chi connectivity index (χ3v) is 2.81. The molecule has 0 bridgehead atoms. The van der Waals surface area contributed by atoms with Crippen LogP contribution in [0.25, 0.3) is 0 Å². The van der Waals surface area contributed by atoms with Crippen molar-refractivity contribution in [3.8, 4) is 0 Å². The van der Waals surface area contributed by atoms with Crippen LogP contribution in [0.3, 0.4) is 0 Å². The Bertz CT molecular complexity index is 599. The first kappa shape index (κ1) is 13.3. The Labute approximate surface area is 115 Å². The van der Waals surface area contributed by atoms with Gasteiger partial charge in [-0.15, -0.1) is 0 Å². The van der Waals surface area contributed by atoms with Crippen LogP contribution in [0.2, 0.25) is 5.02 Å². The van der Waals surface area contributed by atoms with E-state index in [2.05, 4.69) is 15.3 Å². The van der Waals surface area contributed by atoms with Gasteiger partial charge in [0, 0.05) is 24.6 Å². The van der Waals surface area contributed by atoms with E-state index >= 15 is 0 Å². The zero-order chi connectivity index (χ0) is 13.8. The van der Waals surface area contributed by atoms with Gasteiger partial charge in [0.25, 0.3) is 0 Å². The van der Waals surface area contributed by atoms with E-state index in [1.807, 2.05) is 19.1 Å². The van der Waals surface area contributed by atoms with E-state index in [9.17, 15) is 4.79 Å². The maximum absolute atomic E-state index is 10.7. The fourth-order valence-electron chi connectivity index (χ4n) is 1.47. The molecule has 0 amide bonds. The highest BCUT2D eigenvalue weighted by atomic mass is 35.5. The molecule has 98 valence electrons. The van der Waals surface area contributed by atoms with E-state index in [4.69, 9.17) is 16.7 Å². The number of hydrogen-bond acceptors (Lipinski definition) is 4. The van der Waals surface area contributed by atoms with Crippen molar-refractivity contribution >= 4 is 23.4 Å². The molecule has 19 heavy (non-hydrogen) atoms. The van der Waals surface area contributed by atoms with Gasteiger partial charge in [0.2, 0.25) is 0 Å². The number of halogens is 1. The Balaban J connectivity index is 2.07. The zero-order valence-electron chi connectivity index (χ0n) is 10.2. The number of carbonyl (C=O) groups is 1. The third kappa shape index (κ3) is 3.42. The van der Waals surface area contributed by atoms with Crippen LogP contribution in [0.5, 0.6) is 0 Å². The summed E-state index contributed by atoms with van der Waals surface area (Å²) >= 11 is 5.96. The van der Waals surface area contributed by atoms with Crippen LogP contribution in [-0.4, -0.2) is 21.0 Å². The normalized spacial score (nSPS) is 10.2. The molecular weight excluding hydrogens is 266 g/mol. The Hall–Kier alpha value is -2.14. The quantitative estimate of drug-likeness (QED) is 0.899. The summed E-state index contributed by atoms with van der Waals surface area (Å²) in [7, 11) is 0. The molecule has 2 heterocycles. The van der Waals surface area contributed by atoms with Gasteiger partial charge in [-0.2, -0.15) is 0 Å². The topological polar surface area (TPSA) is 75.1 Å². The summed E-state index contributed by atoms with van der Waals surface area (Å²) in [4.78, 5) is 18.9. The Kier molecular flexibility index (Phi) is 3.97. The van der Waals surface area contributed by atoms with Gasteiger partial charge >= 0.3 is 5.97 Å². The smallest absolute Gasteiger partial charge is 0.337 e. The van der Waals surface area contributed by atoms with Gasteiger partial charge in [-0.25, -0.2) is 9.78 Å². The van der Waals surface area contributed by atoms with Crippen molar-refractivity contribution in [2.75, 3.05) is 5.32 Å². The molecule has 0 spiro atoms. The van der Waals surface area contributed by atoms with Crippen LogP contribution in [0.4, 0.5) is 5.82 Å². The summed E-state index contributed by atoms with van der Waals surface area (Å²) in [5.41, 5.74) is 2.00. The van der Waals surface area contributed by atoms with Crippen LogP contribution in [0.1, 0.15) is 21.6 Å². The molecule has 0 aliphatic heterocycles. The summed E-state index contributed by atoms with van der Waals surface area (Å²) in [5.74, 6) is -0.601. The largest absolute Gasteiger partial charge is 0.478 e. The van der Waals surface area contributed by atoms with Gasteiger partial charge in [-0.3, -0.25) is 4.98 Å². The molecule has 0 aliphatic carbocycles. The number of aryl methyl sites for hydroxylation is 1. The minimum atomic E-state index is -1.05. The van der Waals surface area contributed by atoms with Crippen molar-refractivity contribution in [2.45, 2.75) is 13.5 Å². The molecule has 0 atom stereocenters. The minimum absolute atomic E-state index is 0.0625. The lowest BCUT2D eigenvalue weighted by molar-refractivity contribution is 0.0696. The predicted molar refractivity (Wildman–Crippen MR) is 72.5 cm³/mol. The third-order valence-electron chi connectivity index (χ3n) is 2.52. The number of nitrogens with one attached hydrogen (secondary N) is 1. The number of anilines is 1. The second kappa shape index (κ2) is 5.67. The highest BCUT2D eigenvalue weighted by molar-refractivity contribution is 6.33. The van der Waals surface area contributed by atoms with E-state index in [0.717, 1.165) is 11.3 Å². The molecule has 2 rings (SSSR count). The van der Waals surface area contributed by atoms with Crippen molar-refractivity contribution in [1.82, 2.24) is 9.97 Å². The predicted octanol–water partition coefficient (Wildman–Crippen LogP) is 2.75. The summed E-state index contributed by atoms with van der Waals surface area (Å²) < 4.78 is 0. The van der Waals surface area contributed by atoms with Gasteiger partial charge in [-0.05, 0) is 24.6 Å². The number of aromatic nitrogens is 2. The highest BCUT2D eigenvalue weighted by Gasteiger charge is 2.08. The molecule has 0 unspecified atom stereocenters. The van der Waals surface area contributed by atoms with E-state index in [-0.39, 0.29) is 10.6 Å². The molecule has 0 saturated carbocycles. The van der Waals surface area contributed by atoms with Crippen LogP contribution in [-0.2, 0) is 6.54 Å². The Morgan fingerprint density at radius 1 is 1.37 bits per heavy atom. The van der Waals surface area contributed by atoms with Crippen molar-refractivity contribution in [2.24, 2.45) is 0 Å². The lowest BCUT2D eigenvalue weighted by Gasteiger charge is -2.08. The Morgan fingerprint density at radius 2 is 2.16 bits per heavy atom. The lowest BCUT2D eigenvalue weighted by atomic mass is 10.2. The van der Waals surface area contributed by atoms with Gasteiger partial charge in [-0.1, -0.05) is 17.7 Å². The fraction of sp³-hybridized carbons (Fsp3) is 0.154. The second-order valence-electron chi connectivity index (χ2n) is 4.02. The number of carboxylic acids is 1. The number of hydrogen-bond donors (Lipinski definition) is 2. The van der Waals surface area contributed by atoms with Crippen LogP contribution < -0.4 is 5.32 Å². The average Bonchev–Trinajstić information content (AvgIpc) is 2.39. The Morgan fingerprint density at radius 3 is 2.74 bits per heavy atom. The first-order chi connectivity index (χ1) is 9.06. The molecule has 0 fully saturated rings. The van der Waals surface area contributed by atoms with Crippen LogP contribution in [0.15, 0.2) is 30.6 Å². The molecule has 0 aliphatic rings. The van der Waals surface area contributed by atoms with Crippen LogP contribution >= 0.6 is 11.6 Å². The van der Waals surface area contributed by atoms with Gasteiger partial charge < -0.3 is 10.4 Å². The average molecular weight is 278 g/mol. The SMILES string of the molecule is Cc1ccc(CNc2ncc(C(=O)O)cc2Cl)cn1. The summed E-state index contributed by atoms with van der Waals surface area (Å²) in [6, 6.07) is 5.24. The van der Waals surface area contributed by atoms with E-state index in [1.165, 1.54) is 12.3 Å². The van der Waals surface area contributed by atoms with Crippen molar-refractivity contribution in [3.63, 3.8) is 0 Å². The molecule has 2 aromatic heterocycles. The van der Waals surface area contributed by atoms with Crippen molar-refractivity contribution in [3.05, 3.63) is 52.4 Å². The zero-order valence-corrected chi connectivity index (χ0v) is 11.0. The first-order valence-electron chi connectivity index (χ1n) is 5.60. The second-order valence-corrected chi connectivity index (χ2v) is 4.43.